The molecule has 7 nitrogen and oxygen atoms in total. The second-order valence-electron chi connectivity index (χ2n) is 7.18. The van der Waals surface area contributed by atoms with Gasteiger partial charge in [-0.3, -0.25) is 4.79 Å². The number of Topliss-reactive ketones (excluding diaryl/α,β-unsaturated/α-hetero) is 1. The summed E-state index contributed by atoms with van der Waals surface area (Å²) < 4.78 is 44.4. The number of methoxy groups -OCH3 is 2. The summed E-state index contributed by atoms with van der Waals surface area (Å²) in [5, 5.41) is 0. The van der Waals surface area contributed by atoms with Gasteiger partial charge in [-0.05, 0) is 41.8 Å². The van der Waals surface area contributed by atoms with Gasteiger partial charge in [-0.1, -0.05) is 36.4 Å². The van der Waals surface area contributed by atoms with Gasteiger partial charge < -0.3 is 14.2 Å². The zero-order chi connectivity index (χ0) is 22.7. The molecule has 4 rings (SSSR count). The first-order valence-corrected chi connectivity index (χ1v) is 11.5. The van der Waals surface area contributed by atoms with Crippen molar-refractivity contribution in [1.82, 2.24) is 4.72 Å². The van der Waals surface area contributed by atoms with Crippen LogP contribution >= 0.6 is 0 Å². The van der Waals surface area contributed by atoms with Crippen molar-refractivity contribution in [2.75, 3.05) is 21.0 Å². The molecule has 1 aliphatic carbocycles. The summed E-state index contributed by atoms with van der Waals surface area (Å²) in [6, 6.07) is 17.2. The minimum absolute atomic E-state index is 0.111. The number of rotatable bonds is 8. The van der Waals surface area contributed by atoms with Gasteiger partial charge in [0.2, 0.25) is 15.8 Å². The first kappa shape index (κ1) is 21.9. The Morgan fingerprint density at radius 2 is 1.56 bits per heavy atom. The van der Waals surface area contributed by atoms with E-state index in [1.807, 2.05) is 24.3 Å². The van der Waals surface area contributed by atoms with E-state index >= 15 is 0 Å². The minimum Gasteiger partial charge on any atom is -0.493 e. The van der Waals surface area contributed by atoms with E-state index in [1.54, 1.807) is 24.3 Å². The molecule has 0 aromatic heterocycles. The molecule has 0 fully saturated rings. The zero-order valence-corrected chi connectivity index (χ0v) is 18.6. The summed E-state index contributed by atoms with van der Waals surface area (Å²) in [6.07, 6.45) is 1.10. The molecule has 0 amide bonds. The molecule has 0 aliphatic heterocycles. The van der Waals surface area contributed by atoms with Gasteiger partial charge in [-0.15, -0.1) is 0 Å². The van der Waals surface area contributed by atoms with Gasteiger partial charge in [-0.25, -0.2) is 8.42 Å². The van der Waals surface area contributed by atoms with Crippen LogP contribution in [-0.4, -0.2) is 35.2 Å². The highest BCUT2D eigenvalue weighted by Crippen LogP contribution is 2.46. The van der Waals surface area contributed by atoms with Crippen molar-refractivity contribution in [3.8, 4) is 28.4 Å². The van der Waals surface area contributed by atoms with Crippen LogP contribution in [0.3, 0.4) is 0 Å². The van der Waals surface area contributed by atoms with E-state index in [4.69, 9.17) is 14.2 Å². The van der Waals surface area contributed by atoms with Crippen LogP contribution in [0.25, 0.3) is 11.1 Å². The van der Waals surface area contributed by atoms with E-state index in [9.17, 15) is 13.2 Å². The highest BCUT2D eigenvalue weighted by Gasteiger charge is 2.26. The van der Waals surface area contributed by atoms with E-state index in [1.165, 1.54) is 26.4 Å². The normalized spacial score (nSPS) is 13.0. The van der Waals surface area contributed by atoms with Crippen LogP contribution in [-0.2, 0) is 16.4 Å². The lowest BCUT2D eigenvalue weighted by atomic mass is 9.95. The van der Waals surface area contributed by atoms with Crippen LogP contribution in [0.4, 0.5) is 0 Å². The Kier molecular flexibility index (Phi) is 6.16. The van der Waals surface area contributed by atoms with Crippen molar-refractivity contribution in [3.63, 3.8) is 0 Å². The van der Waals surface area contributed by atoms with E-state index in [0.29, 0.717) is 41.2 Å². The smallest absolute Gasteiger partial charge is 0.243 e. The molecular weight excluding hydrogens is 430 g/mol. The average Bonchev–Trinajstić information content (AvgIpc) is 3.20. The monoisotopic (exact) mass is 453 g/mol. The second-order valence-corrected chi connectivity index (χ2v) is 8.95. The molecule has 0 saturated carbocycles. The SMILES string of the molecule is COc1ccc(-c2cccc3c2CCC3=O)c(OCNS(=O)(=O)c2ccccc2)c1OC. The standard InChI is InChI=1S/C24H23NO6S/c1-29-22-14-12-20(17-9-6-10-19-18(17)11-13-21(19)26)23(24(22)30-2)31-15-25-32(27,28)16-7-4-3-5-8-16/h3-10,12,14,25H,11,13,15H2,1-2H3. The molecular formula is C24H23NO6S. The predicted molar refractivity (Wildman–Crippen MR) is 120 cm³/mol. The summed E-state index contributed by atoms with van der Waals surface area (Å²) in [5.74, 6) is 1.22. The summed E-state index contributed by atoms with van der Waals surface area (Å²) in [7, 11) is -0.752. The van der Waals surface area contributed by atoms with Crippen molar-refractivity contribution in [1.29, 1.82) is 0 Å². The molecule has 0 unspecified atom stereocenters. The quantitative estimate of drug-likeness (QED) is 0.522. The highest BCUT2D eigenvalue weighted by molar-refractivity contribution is 7.89. The third kappa shape index (κ3) is 4.06. The van der Waals surface area contributed by atoms with Crippen molar-refractivity contribution in [2.45, 2.75) is 17.7 Å². The van der Waals surface area contributed by atoms with Gasteiger partial charge in [0.1, 0.15) is 0 Å². The van der Waals surface area contributed by atoms with Gasteiger partial charge in [0.25, 0.3) is 0 Å². The molecule has 0 saturated heterocycles. The van der Waals surface area contributed by atoms with Crippen molar-refractivity contribution in [3.05, 3.63) is 71.8 Å². The summed E-state index contributed by atoms with van der Waals surface area (Å²) in [5.41, 5.74) is 3.18. The number of fused-ring (bicyclic) bond motifs is 1. The minimum atomic E-state index is -3.75. The molecule has 3 aromatic carbocycles. The zero-order valence-electron chi connectivity index (χ0n) is 17.8. The molecule has 0 heterocycles. The van der Waals surface area contributed by atoms with Gasteiger partial charge in [-0.2, -0.15) is 4.72 Å². The molecule has 1 aliphatic rings. The Bertz CT molecular complexity index is 1250. The number of sulfonamides is 1. The maximum absolute atomic E-state index is 12.6. The first-order valence-electron chi connectivity index (χ1n) is 10.0. The fourth-order valence-electron chi connectivity index (χ4n) is 3.86. The van der Waals surface area contributed by atoms with Crippen LogP contribution in [0.15, 0.2) is 65.6 Å². The van der Waals surface area contributed by atoms with E-state index in [0.717, 1.165) is 11.1 Å². The third-order valence-corrected chi connectivity index (χ3v) is 6.78. The molecule has 8 heteroatoms. The summed E-state index contributed by atoms with van der Waals surface area (Å²) in [4.78, 5) is 12.4. The number of benzene rings is 3. The van der Waals surface area contributed by atoms with Crippen molar-refractivity contribution >= 4 is 15.8 Å². The van der Waals surface area contributed by atoms with Crippen LogP contribution in [0.5, 0.6) is 17.2 Å². The van der Waals surface area contributed by atoms with Crippen molar-refractivity contribution < 1.29 is 27.4 Å². The largest absolute Gasteiger partial charge is 0.493 e. The number of carbonyl (C=O) groups excluding carboxylic acids is 1. The van der Waals surface area contributed by atoms with Crippen molar-refractivity contribution in [2.24, 2.45) is 0 Å². The molecule has 1 N–H and O–H groups in total. The predicted octanol–water partition coefficient (Wildman–Crippen LogP) is 3.81. The Balaban J connectivity index is 1.71. The topological polar surface area (TPSA) is 90.9 Å². The first-order chi connectivity index (χ1) is 15.5. The molecule has 0 radical (unpaired) electrons. The fourth-order valence-corrected chi connectivity index (χ4v) is 4.76. The second kappa shape index (κ2) is 9.02. The summed E-state index contributed by atoms with van der Waals surface area (Å²) in [6.45, 7) is -0.318. The molecule has 3 aromatic rings. The maximum atomic E-state index is 12.6. The van der Waals surface area contributed by atoms with Crippen LogP contribution in [0, 0.1) is 0 Å². The van der Waals surface area contributed by atoms with Gasteiger partial charge >= 0.3 is 0 Å². The number of ether oxygens (including phenoxy) is 3. The average molecular weight is 454 g/mol. The van der Waals surface area contributed by atoms with Crippen LogP contribution in [0.1, 0.15) is 22.3 Å². The van der Waals surface area contributed by atoms with Crippen LogP contribution in [0.2, 0.25) is 0 Å². The fraction of sp³-hybridized carbons (Fsp3) is 0.208. The lowest BCUT2D eigenvalue weighted by Crippen LogP contribution is -2.28. The molecule has 0 bridgehead atoms. The number of hydrogen-bond acceptors (Lipinski definition) is 6. The Hall–Kier alpha value is -3.36. The molecule has 0 spiro atoms. The molecule has 166 valence electrons. The van der Waals surface area contributed by atoms with Gasteiger partial charge in [0.15, 0.2) is 24.0 Å². The maximum Gasteiger partial charge on any atom is 0.243 e. The molecule has 32 heavy (non-hydrogen) atoms. The van der Waals surface area contributed by atoms with E-state index in [-0.39, 0.29) is 17.4 Å². The van der Waals surface area contributed by atoms with Gasteiger partial charge in [0.05, 0.1) is 19.1 Å². The number of hydrogen-bond donors (Lipinski definition) is 1. The Labute approximate surface area is 187 Å². The van der Waals surface area contributed by atoms with Gasteiger partial charge in [0, 0.05) is 17.5 Å². The number of carbonyl (C=O) groups is 1. The summed E-state index contributed by atoms with van der Waals surface area (Å²) >= 11 is 0. The highest BCUT2D eigenvalue weighted by atomic mass is 32.2. The molecule has 0 atom stereocenters. The number of nitrogens with one attached hydrogen (secondary N) is 1. The van der Waals surface area contributed by atoms with E-state index < -0.39 is 10.0 Å². The Morgan fingerprint density at radius 3 is 2.28 bits per heavy atom. The number of ketones is 1. The third-order valence-electron chi connectivity index (χ3n) is 5.39. The lowest BCUT2D eigenvalue weighted by molar-refractivity contribution is 0.0994. The Morgan fingerprint density at radius 1 is 0.812 bits per heavy atom. The van der Waals surface area contributed by atoms with E-state index in [2.05, 4.69) is 4.72 Å². The van der Waals surface area contributed by atoms with Crippen LogP contribution < -0.4 is 18.9 Å². The lowest BCUT2D eigenvalue weighted by Gasteiger charge is -2.19.